The van der Waals surface area contributed by atoms with Crippen LogP contribution in [0.2, 0.25) is 0 Å². The fraction of sp³-hybridized carbons (Fsp3) is 0.714. The van der Waals surface area contributed by atoms with Gasteiger partial charge in [0.25, 0.3) is 0 Å². The quantitative estimate of drug-likeness (QED) is 0.733. The smallest absolute Gasteiger partial charge is 0.137 e. The van der Waals surface area contributed by atoms with Crippen LogP contribution in [0.5, 0.6) is 0 Å². The fourth-order valence-corrected chi connectivity index (χ4v) is 1.98. The van der Waals surface area contributed by atoms with E-state index in [0.717, 1.165) is 31.3 Å². The molecule has 0 aliphatic heterocycles. The molecule has 0 spiro atoms. The van der Waals surface area contributed by atoms with E-state index < -0.39 is 0 Å². The minimum Gasteiger partial charge on any atom is -0.380 e. The molecule has 0 radical (unpaired) electrons. The van der Waals surface area contributed by atoms with E-state index in [9.17, 15) is 0 Å². The zero-order valence-corrected chi connectivity index (χ0v) is 12.7. The molecule has 0 fully saturated rings. The Morgan fingerprint density at radius 1 is 1.32 bits per heavy atom. The van der Waals surface area contributed by atoms with Gasteiger partial charge in [0.05, 0.1) is 6.61 Å². The van der Waals surface area contributed by atoms with Crippen molar-refractivity contribution in [2.75, 3.05) is 43.6 Å². The first-order valence-electron chi connectivity index (χ1n) is 6.99. The van der Waals surface area contributed by atoms with Gasteiger partial charge in [0, 0.05) is 32.3 Å². The molecule has 1 aromatic rings. The maximum absolute atomic E-state index is 5.40. The van der Waals surface area contributed by atoms with Crippen LogP contribution in [-0.4, -0.2) is 43.3 Å². The largest absolute Gasteiger partial charge is 0.380 e. The van der Waals surface area contributed by atoms with Crippen LogP contribution in [0, 0.1) is 0 Å². The van der Waals surface area contributed by atoms with Crippen LogP contribution < -0.4 is 10.2 Å². The van der Waals surface area contributed by atoms with Crippen molar-refractivity contribution in [2.45, 2.75) is 33.6 Å². The third-order valence-corrected chi connectivity index (χ3v) is 2.92. The summed E-state index contributed by atoms with van der Waals surface area (Å²) < 4.78 is 5.40. The number of anilines is 2. The first-order chi connectivity index (χ1) is 9.11. The van der Waals surface area contributed by atoms with E-state index in [1.165, 1.54) is 5.56 Å². The molecule has 5 heteroatoms. The molecule has 0 aromatic carbocycles. The van der Waals surface area contributed by atoms with Crippen molar-refractivity contribution in [2.24, 2.45) is 0 Å². The SMILES string of the molecule is CCNc1ncnc(N(C)CCOCC)c1C(C)C. The van der Waals surface area contributed by atoms with Crippen LogP contribution in [0.3, 0.4) is 0 Å². The number of hydrogen-bond donors (Lipinski definition) is 1. The van der Waals surface area contributed by atoms with Crippen molar-refractivity contribution in [1.82, 2.24) is 9.97 Å². The number of nitrogens with one attached hydrogen (secondary N) is 1. The van der Waals surface area contributed by atoms with E-state index in [0.29, 0.717) is 12.5 Å². The molecule has 5 nitrogen and oxygen atoms in total. The van der Waals surface area contributed by atoms with Crippen molar-refractivity contribution < 1.29 is 4.74 Å². The fourth-order valence-electron chi connectivity index (χ4n) is 1.98. The molecule has 0 unspecified atom stereocenters. The first-order valence-corrected chi connectivity index (χ1v) is 6.99. The van der Waals surface area contributed by atoms with E-state index in [1.807, 2.05) is 14.0 Å². The van der Waals surface area contributed by atoms with Gasteiger partial charge in [-0.3, -0.25) is 0 Å². The Hall–Kier alpha value is -1.36. The van der Waals surface area contributed by atoms with Crippen LogP contribution in [0.4, 0.5) is 11.6 Å². The number of nitrogens with zero attached hydrogens (tertiary/aromatic N) is 3. The molecule has 0 aliphatic rings. The highest BCUT2D eigenvalue weighted by molar-refractivity contribution is 5.60. The highest BCUT2D eigenvalue weighted by atomic mass is 16.5. The minimum absolute atomic E-state index is 0.375. The Bertz CT molecular complexity index is 382. The van der Waals surface area contributed by atoms with Gasteiger partial charge in [0.2, 0.25) is 0 Å². The summed E-state index contributed by atoms with van der Waals surface area (Å²) in [6.45, 7) is 11.6. The Labute approximate surface area is 116 Å². The molecular weight excluding hydrogens is 240 g/mol. The summed E-state index contributed by atoms with van der Waals surface area (Å²) >= 11 is 0. The molecule has 0 bridgehead atoms. The summed E-state index contributed by atoms with van der Waals surface area (Å²) in [5, 5.41) is 3.31. The van der Waals surface area contributed by atoms with Crippen molar-refractivity contribution in [3.8, 4) is 0 Å². The van der Waals surface area contributed by atoms with Crippen molar-refractivity contribution in [3.63, 3.8) is 0 Å². The highest BCUT2D eigenvalue weighted by Gasteiger charge is 2.17. The van der Waals surface area contributed by atoms with Crippen LogP contribution in [0.1, 0.15) is 39.2 Å². The third-order valence-electron chi connectivity index (χ3n) is 2.92. The molecule has 1 aromatic heterocycles. The van der Waals surface area contributed by atoms with Gasteiger partial charge in [0.15, 0.2) is 0 Å². The van der Waals surface area contributed by atoms with Gasteiger partial charge in [-0.2, -0.15) is 0 Å². The van der Waals surface area contributed by atoms with Gasteiger partial charge < -0.3 is 15.0 Å². The van der Waals surface area contributed by atoms with Gasteiger partial charge in [-0.1, -0.05) is 13.8 Å². The molecule has 0 saturated heterocycles. The Kier molecular flexibility index (Phi) is 6.56. The highest BCUT2D eigenvalue weighted by Crippen LogP contribution is 2.29. The molecule has 1 N–H and O–H groups in total. The predicted molar refractivity (Wildman–Crippen MR) is 80.0 cm³/mol. The molecule has 19 heavy (non-hydrogen) atoms. The van der Waals surface area contributed by atoms with Gasteiger partial charge in [-0.25, -0.2) is 9.97 Å². The molecule has 0 amide bonds. The number of likely N-dealkylation sites (N-methyl/N-ethyl adjacent to an activating group) is 1. The maximum atomic E-state index is 5.40. The zero-order chi connectivity index (χ0) is 14.3. The first kappa shape index (κ1) is 15.7. The Balaban J connectivity index is 2.94. The van der Waals surface area contributed by atoms with Crippen LogP contribution in [0.15, 0.2) is 6.33 Å². The third kappa shape index (κ3) is 4.35. The monoisotopic (exact) mass is 266 g/mol. The molecule has 0 aliphatic carbocycles. The second-order valence-corrected chi connectivity index (χ2v) is 4.76. The summed E-state index contributed by atoms with van der Waals surface area (Å²) in [4.78, 5) is 10.9. The molecule has 0 atom stereocenters. The maximum Gasteiger partial charge on any atom is 0.137 e. The zero-order valence-electron chi connectivity index (χ0n) is 12.7. The predicted octanol–water partition coefficient (Wildman–Crippen LogP) is 2.50. The molecule has 1 rings (SSSR count). The summed E-state index contributed by atoms with van der Waals surface area (Å²) in [7, 11) is 2.04. The lowest BCUT2D eigenvalue weighted by atomic mass is 10.0. The van der Waals surface area contributed by atoms with Crippen molar-refractivity contribution in [1.29, 1.82) is 0 Å². The summed E-state index contributed by atoms with van der Waals surface area (Å²) in [6, 6.07) is 0. The summed E-state index contributed by atoms with van der Waals surface area (Å²) in [6.07, 6.45) is 1.62. The summed E-state index contributed by atoms with van der Waals surface area (Å²) in [5.41, 5.74) is 1.17. The average molecular weight is 266 g/mol. The van der Waals surface area contributed by atoms with E-state index in [1.54, 1.807) is 6.33 Å². The van der Waals surface area contributed by atoms with E-state index >= 15 is 0 Å². The van der Waals surface area contributed by atoms with Crippen LogP contribution in [0.25, 0.3) is 0 Å². The average Bonchev–Trinajstić information content (AvgIpc) is 2.38. The van der Waals surface area contributed by atoms with Gasteiger partial charge in [0.1, 0.15) is 18.0 Å². The number of aromatic nitrogens is 2. The normalized spacial score (nSPS) is 10.8. The van der Waals surface area contributed by atoms with Gasteiger partial charge in [-0.05, 0) is 19.8 Å². The minimum atomic E-state index is 0.375. The Morgan fingerprint density at radius 2 is 2.05 bits per heavy atom. The van der Waals surface area contributed by atoms with Crippen molar-refractivity contribution >= 4 is 11.6 Å². The number of hydrogen-bond acceptors (Lipinski definition) is 5. The lowest BCUT2D eigenvalue weighted by Crippen LogP contribution is -2.25. The molecule has 1 heterocycles. The van der Waals surface area contributed by atoms with E-state index in [4.69, 9.17) is 4.74 Å². The molecule has 0 saturated carbocycles. The van der Waals surface area contributed by atoms with Crippen molar-refractivity contribution in [3.05, 3.63) is 11.9 Å². The number of ether oxygens (including phenoxy) is 1. The van der Waals surface area contributed by atoms with Crippen LogP contribution in [-0.2, 0) is 4.74 Å². The topological polar surface area (TPSA) is 50.3 Å². The molecular formula is C14H26N4O. The van der Waals surface area contributed by atoms with E-state index in [2.05, 4.69) is 41.0 Å². The van der Waals surface area contributed by atoms with E-state index in [-0.39, 0.29) is 0 Å². The Morgan fingerprint density at radius 3 is 2.63 bits per heavy atom. The van der Waals surface area contributed by atoms with Gasteiger partial charge >= 0.3 is 0 Å². The summed E-state index contributed by atoms with van der Waals surface area (Å²) in [5.74, 6) is 2.30. The standard InChI is InChI=1S/C14H26N4O/c1-6-15-13-12(11(3)4)14(17-10-16-13)18(5)8-9-19-7-2/h10-11H,6-9H2,1-5H3,(H,15,16,17). The number of rotatable bonds is 8. The lowest BCUT2D eigenvalue weighted by molar-refractivity contribution is 0.154. The lowest BCUT2D eigenvalue weighted by Gasteiger charge is -2.24. The van der Waals surface area contributed by atoms with Gasteiger partial charge in [-0.15, -0.1) is 0 Å². The second-order valence-electron chi connectivity index (χ2n) is 4.76. The molecule has 108 valence electrons. The van der Waals surface area contributed by atoms with Crippen LogP contribution >= 0.6 is 0 Å². The second kappa shape index (κ2) is 7.94.